The van der Waals surface area contributed by atoms with Crippen molar-refractivity contribution in [1.82, 2.24) is 4.98 Å². The normalized spacial score (nSPS) is 10.1. The molecule has 1 nitrogen and oxygen atoms in total. The van der Waals surface area contributed by atoms with Crippen molar-refractivity contribution >= 4 is 21.8 Å². The van der Waals surface area contributed by atoms with E-state index in [0.29, 0.717) is 0 Å². The summed E-state index contributed by atoms with van der Waals surface area (Å²) in [6, 6.07) is 19.2. The molecule has 2 heteroatoms. The second-order valence-corrected chi connectivity index (χ2v) is 3.30. The summed E-state index contributed by atoms with van der Waals surface area (Å²) in [6.07, 6.45) is 0. The molecular weight excluding hydrogens is 311 g/mol. The number of hydrogen-bond acceptors (Lipinski definition) is 1. The van der Waals surface area contributed by atoms with E-state index in [2.05, 4.69) is 23.2 Å². The molecule has 2 aromatic carbocycles. The van der Waals surface area contributed by atoms with Gasteiger partial charge in [-0.25, -0.2) is 0 Å². The van der Waals surface area contributed by atoms with E-state index < -0.39 is 0 Å². The van der Waals surface area contributed by atoms with Crippen LogP contribution in [0.25, 0.3) is 21.8 Å². The van der Waals surface area contributed by atoms with Crippen LogP contribution < -0.4 is 0 Å². The van der Waals surface area contributed by atoms with Crippen LogP contribution in [0.5, 0.6) is 0 Å². The van der Waals surface area contributed by atoms with Crippen LogP contribution in [0.1, 0.15) is 0 Å². The maximum Gasteiger partial charge on any atom is 0.0558 e. The monoisotopic (exact) mass is 319 g/mol. The van der Waals surface area contributed by atoms with Gasteiger partial charge in [0.25, 0.3) is 0 Å². The van der Waals surface area contributed by atoms with Crippen molar-refractivity contribution in [2.24, 2.45) is 0 Å². The number of hydrogen-bond donors (Lipinski definition) is 0. The molecule has 69 valence electrons. The second-order valence-electron chi connectivity index (χ2n) is 3.30. The van der Waals surface area contributed by atoms with Gasteiger partial charge in [0.15, 0.2) is 0 Å². The van der Waals surface area contributed by atoms with E-state index >= 15 is 0 Å². The van der Waals surface area contributed by atoms with E-state index in [4.69, 9.17) is 0 Å². The number of pyridine rings is 1. The predicted molar refractivity (Wildman–Crippen MR) is 58.1 cm³/mol. The molecule has 1 aromatic heterocycles. The van der Waals surface area contributed by atoms with Gasteiger partial charge >= 0.3 is 0 Å². The van der Waals surface area contributed by atoms with Crippen LogP contribution in [0.2, 0.25) is 0 Å². The summed E-state index contributed by atoms with van der Waals surface area (Å²) in [5, 5.41) is 2.36. The fourth-order valence-electron chi connectivity index (χ4n) is 1.66. The molecule has 0 aliphatic rings. The minimum absolute atomic E-state index is 0. The summed E-state index contributed by atoms with van der Waals surface area (Å²) in [5.41, 5.74) is 2.05. The largest absolute Gasteiger partial charge is 0.312 e. The Hall–Kier alpha value is -0.526. The van der Waals surface area contributed by atoms with Crippen molar-refractivity contribution in [2.45, 2.75) is 0 Å². The summed E-state index contributed by atoms with van der Waals surface area (Å²) in [5.74, 6) is 0. The standard InChI is InChI=1S/C13H8N.Pr/c1-3-7-12-10(5-1)9-11-6-2-4-8-13(11)14-12;/h1-3,5-9H;/q-1;. The molecule has 0 unspecified atom stereocenters. The second kappa shape index (κ2) is 4.55. The Morgan fingerprint density at radius 1 is 0.933 bits per heavy atom. The Morgan fingerprint density at radius 2 is 1.73 bits per heavy atom. The van der Waals surface area contributed by atoms with Crippen molar-refractivity contribution in [3.63, 3.8) is 0 Å². The van der Waals surface area contributed by atoms with Crippen LogP contribution in [0.4, 0.5) is 0 Å². The zero-order valence-corrected chi connectivity index (χ0v) is 11.8. The molecule has 0 saturated heterocycles. The molecule has 1 heterocycles. The average Bonchev–Trinajstić information content (AvgIpc) is 2.26. The summed E-state index contributed by atoms with van der Waals surface area (Å²) < 4.78 is 0. The number of aromatic nitrogens is 1. The third-order valence-electron chi connectivity index (χ3n) is 2.36. The quantitative estimate of drug-likeness (QED) is 0.458. The van der Waals surface area contributed by atoms with Gasteiger partial charge in [-0.05, 0) is 17.0 Å². The van der Waals surface area contributed by atoms with Crippen LogP contribution in [-0.4, -0.2) is 4.98 Å². The van der Waals surface area contributed by atoms with E-state index in [1.54, 1.807) is 0 Å². The van der Waals surface area contributed by atoms with Crippen molar-refractivity contribution in [2.75, 3.05) is 0 Å². The van der Waals surface area contributed by atoms with E-state index in [-0.39, 0.29) is 41.3 Å². The molecule has 0 N–H and O–H groups in total. The Balaban J connectivity index is 0.000000853. The Bertz CT molecular complexity index is 499. The first-order valence-corrected chi connectivity index (χ1v) is 4.59. The summed E-state index contributed by atoms with van der Waals surface area (Å²) in [6.45, 7) is 0. The smallest absolute Gasteiger partial charge is 0.0558 e. The van der Waals surface area contributed by atoms with Gasteiger partial charge in [0.05, 0.1) is 5.52 Å². The first-order chi connectivity index (χ1) is 6.93. The van der Waals surface area contributed by atoms with Crippen LogP contribution >= 0.6 is 0 Å². The fraction of sp³-hybridized carbons (Fsp3) is 0. The molecule has 0 atom stereocenters. The minimum atomic E-state index is 0. The number of nitrogens with zero attached hydrogens (tertiary/aromatic N) is 1. The third-order valence-corrected chi connectivity index (χ3v) is 2.36. The van der Waals surface area contributed by atoms with Gasteiger partial charge < -0.3 is 4.98 Å². The van der Waals surface area contributed by atoms with Gasteiger partial charge in [-0.2, -0.15) is 24.3 Å². The summed E-state index contributed by atoms with van der Waals surface area (Å²) in [4.78, 5) is 4.55. The molecule has 0 bridgehead atoms. The molecule has 0 spiro atoms. The molecule has 0 aliphatic carbocycles. The molecule has 0 amide bonds. The summed E-state index contributed by atoms with van der Waals surface area (Å²) in [7, 11) is 0. The SMILES string of the molecule is [Pr].[c-]1ccc2cc3ccccc3nc2c1. The molecule has 15 heavy (non-hydrogen) atoms. The van der Waals surface area contributed by atoms with Gasteiger partial charge in [0, 0.05) is 41.3 Å². The first-order valence-electron chi connectivity index (χ1n) is 4.59. The summed E-state index contributed by atoms with van der Waals surface area (Å²) >= 11 is 0. The van der Waals surface area contributed by atoms with Gasteiger partial charge in [-0.1, -0.05) is 24.3 Å². The molecule has 3 aromatic rings. The maximum atomic E-state index is 4.55. The number of rotatable bonds is 0. The molecular formula is C13H8NPr-. The van der Waals surface area contributed by atoms with E-state index in [1.807, 2.05) is 36.4 Å². The van der Waals surface area contributed by atoms with E-state index in [1.165, 1.54) is 10.8 Å². The topological polar surface area (TPSA) is 12.9 Å². The number of fused-ring (bicyclic) bond motifs is 2. The van der Waals surface area contributed by atoms with E-state index in [9.17, 15) is 0 Å². The van der Waals surface area contributed by atoms with Gasteiger partial charge in [0.1, 0.15) is 0 Å². The van der Waals surface area contributed by atoms with Crippen molar-refractivity contribution in [1.29, 1.82) is 0 Å². The van der Waals surface area contributed by atoms with Crippen molar-refractivity contribution in [3.8, 4) is 0 Å². The Morgan fingerprint density at radius 3 is 2.67 bits per heavy atom. The van der Waals surface area contributed by atoms with Gasteiger partial charge in [0.2, 0.25) is 0 Å². The molecule has 0 fully saturated rings. The Labute approximate surface area is 121 Å². The first kappa shape index (κ1) is 11.0. The van der Waals surface area contributed by atoms with Gasteiger partial charge in [-0.3, -0.25) is 0 Å². The average molecular weight is 319 g/mol. The zero-order valence-electron chi connectivity index (χ0n) is 8.14. The van der Waals surface area contributed by atoms with Crippen molar-refractivity contribution in [3.05, 3.63) is 54.6 Å². The number of benzene rings is 2. The third kappa shape index (κ3) is 2.04. The molecule has 1 radical (unpaired) electrons. The van der Waals surface area contributed by atoms with Crippen molar-refractivity contribution < 1.29 is 41.3 Å². The predicted octanol–water partition coefficient (Wildman–Crippen LogP) is 3.19. The minimum Gasteiger partial charge on any atom is -0.312 e. The maximum absolute atomic E-state index is 4.55. The van der Waals surface area contributed by atoms with Crippen LogP contribution in [0.3, 0.4) is 0 Å². The fourth-order valence-corrected chi connectivity index (χ4v) is 1.66. The van der Waals surface area contributed by atoms with Crippen LogP contribution in [0.15, 0.2) is 48.5 Å². The molecule has 3 rings (SSSR count). The molecule has 0 saturated carbocycles. The van der Waals surface area contributed by atoms with E-state index in [0.717, 1.165) is 11.0 Å². The molecule has 0 aliphatic heterocycles. The number of para-hydroxylation sites is 1. The van der Waals surface area contributed by atoms with Crippen LogP contribution in [-0.2, 0) is 0 Å². The zero-order chi connectivity index (χ0) is 9.38. The van der Waals surface area contributed by atoms with Crippen LogP contribution in [0, 0.1) is 47.4 Å². The van der Waals surface area contributed by atoms with Gasteiger partial charge in [-0.15, -0.1) is 5.39 Å². The Kier molecular flexibility index (Phi) is 3.33.